The Hall–Kier alpha value is -2.16. The first kappa shape index (κ1) is 19.2. The summed E-state index contributed by atoms with van der Waals surface area (Å²) >= 11 is 1.64. The molecule has 8 heteroatoms. The van der Waals surface area contributed by atoms with Crippen LogP contribution in [-0.4, -0.2) is 44.7 Å². The van der Waals surface area contributed by atoms with Gasteiger partial charge in [0.05, 0.1) is 17.7 Å². The predicted octanol–water partition coefficient (Wildman–Crippen LogP) is 2.18. The second kappa shape index (κ2) is 8.80. The number of sulfonamides is 1. The van der Waals surface area contributed by atoms with Crippen LogP contribution in [0.25, 0.3) is 0 Å². The lowest BCUT2D eigenvalue weighted by Crippen LogP contribution is -2.36. The first-order valence-corrected chi connectivity index (χ1v) is 10.1. The van der Waals surface area contributed by atoms with Gasteiger partial charge < -0.3 is 0 Å². The Morgan fingerprint density at radius 3 is 2.40 bits per heavy atom. The molecule has 132 valence electrons. The predicted molar refractivity (Wildman–Crippen MR) is 100 cm³/mol. The van der Waals surface area contributed by atoms with Gasteiger partial charge in [-0.05, 0) is 36.1 Å². The molecule has 1 amide bonds. The van der Waals surface area contributed by atoms with Crippen molar-refractivity contribution in [3.63, 3.8) is 0 Å². The van der Waals surface area contributed by atoms with Gasteiger partial charge in [0.15, 0.2) is 0 Å². The Labute approximate surface area is 152 Å². The summed E-state index contributed by atoms with van der Waals surface area (Å²) in [6.07, 6.45) is 3.50. The Balaban J connectivity index is 1.92. The number of likely N-dealkylation sites (N-methyl/N-ethyl adjacent to an activating group) is 1. The van der Waals surface area contributed by atoms with Crippen molar-refractivity contribution in [2.24, 2.45) is 5.10 Å². The van der Waals surface area contributed by atoms with Gasteiger partial charge in [-0.15, -0.1) is 11.8 Å². The second-order valence-corrected chi connectivity index (χ2v) is 8.07. The molecule has 0 spiro atoms. The fourth-order valence-electron chi connectivity index (χ4n) is 1.96. The lowest BCUT2D eigenvalue weighted by Gasteiger charge is -2.15. The molecule has 2 aromatic carbocycles. The average molecular weight is 377 g/mol. The molecule has 0 bridgehead atoms. The first-order valence-electron chi connectivity index (χ1n) is 7.41. The molecule has 2 rings (SSSR count). The van der Waals surface area contributed by atoms with Crippen LogP contribution in [0.15, 0.2) is 69.5 Å². The molecule has 0 aliphatic rings. The van der Waals surface area contributed by atoms with E-state index in [1.165, 1.54) is 25.4 Å². The summed E-state index contributed by atoms with van der Waals surface area (Å²) in [6, 6.07) is 15.6. The van der Waals surface area contributed by atoms with Gasteiger partial charge in [0.1, 0.15) is 0 Å². The van der Waals surface area contributed by atoms with Crippen LogP contribution >= 0.6 is 11.8 Å². The van der Waals surface area contributed by atoms with Gasteiger partial charge >= 0.3 is 0 Å². The summed E-state index contributed by atoms with van der Waals surface area (Å²) in [5.41, 5.74) is 3.17. The normalized spacial score (nSPS) is 11.8. The van der Waals surface area contributed by atoms with Crippen LogP contribution in [0.4, 0.5) is 0 Å². The van der Waals surface area contributed by atoms with E-state index in [1.807, 2.05) is 30.5 Å². The summed E-state index contributed by atoms with van der Waals surface area (Å²) in [5.74, 6) is -0.515. The molecule has 0 saturated heterocycles. The van der Waals surface area contributed by atoms with Crippen LogP contribution in [0.2, 0.25) is 0 Å². The maximum Gasteiger partial charge on any atom is 0.255 e. The molecule has 0 fully saturated rings. The third-order valence-corrected chi connectivity index (χ3v) is 5.90. The second-order valence-electron chi connectivity index (χ2n) is 5.14. The molecule has 0 aromatic heterocycles. The van der Waals surface area contributed by atoms with Crippen LogP contribution in [0, 0.1) is 0 Å². The van der Waals surface area contributed by atoms with E-state index in [0.717, 1.165) is 14.8 Å². The van der Waals surface area contributed by atoms with Crippen molar-refractivity contribution >= 4 is 33.9 Å². The molecular weight excluding hydrogens is 358 g/mol. The minimum atomic E-state index is -3.70. The highest BCUT2D eigenvalue weighted by Gasteiger charge is 2.22. The third kappa shape index (κ3) is 5.42. The number of nitrogens with one attached hydrogen (secondary N) is 1. The standard InChI is InChI=1S/C17H19N3O3S2/c1-20(25(22,23)16-6-4-3-5-7-16)13-17(21)19-18-12-14-8-10-15(24-2)11-9-14/h3-12H,13H2,1-2H3,(H,19,21)/b18-12-. The van der Waals surface area contributed by atoms with Gasteiger partial charge in [0, 0.05) is 11.9 Å². The summed E-state index contributed by atoms with van der Waals surface area (Å²) in [6.45, 7) is -0.319. The van der Waals surface area contributed by atoms with Crippen molar-refractivity contribution in [2.45, 2.75) is 9.79 Å². The molecule has 0 aliphatic carbocycles. The van der Waals surface area contributed by atoms with E-state index in [0.29, 0.717) is 0 Å². The van der Waals surface area contributed by atoms with Crippen molar-refractivity contribution < 1.29 is 13.2 Å². The molecule has 0 atom stereocenters. The van der Waals surface area contributed by atoms with Crippen molar-refractivity contribution in [1.82, 2.24) is 9.73 Å². The molecule has 0 aliphatic heterocycles. The van der Waals surface area contributed by atoms with Gasteiger partial charge in [0.2, 0.25) is 10.0 Å². The van der Waals surface area contributed by atoms with E-state index in [-0.39, 0.29) is 11.4 Å². The highest BCUT2D eigenvalue weighted by atomic mass is 32.2. The zero-order valence-corrected chi connectivity index (χ0v) is 15.5. The summed E-state index contributed by atoms with van der Waals surface area (Å²) in [7, 11) is -2.35. The number of thioether (sulfide) groups is 1. The van der Waals surface area contributed by atoms with Crippen LogP contribution < -0.4 is 5.43 Å². The maximum absolute atomic E-state index is 12.3. The number of benzene rings is 2. The van der Waals surface area contributed by atoms with Gasteiger partial charge in [-0.1, -0.05) is 30.3 Å². The largest absolute Gasteiger partial charge is 0.272 e. The fourth-order valence-corrected chi connectivity index (χ4v) is 3.52. The number of hydrogen-bond donors (Lipinski definition) is 1. The number of amides is 1. The number of hydrogen-bond acceptors (Lipinski definition) is 5. The molecule has 2 aromatic rings. The van der Waals surface area contributed by atoms with Gasteiger partial charge in [-0.3, -0.25) is 4.79 Å². The molecule has 0 unspecified atom stereocenters. The lowest BCUT2D eigenvalue weighted by molar-refractivity contribution is -0.121. The van der Waals surface area contributed by atoms with Crippen LogP contribution in [-0.2, 0) is 14.8 Å². The quantitative estimate of drug-likeness (QED) is 0.456. The van der Waals surface area contributed by atoms with E-state index >= 15 is 0 Å². The molecule has 1 N–H and O–H groups in total. The highest BCUT2D eigenvalue weighted by molar-refractivity contribution is 7.98. The summed E-state index contributed by atoms with van der Waals surface area (Å²) in [5, 5.41) is 3.85. The van der Waals surface area contributed by atoms with Crippen molar-refractivity contribution in [2.75, 3.05) is 19.8 Å². The SMILES string of the molecule is CSc1ccc(/C=N\NC(=O)CN(C)S(=O)(=O)c2ccccc2)cc1. The zero-order valence-electron chi connectivity index (χ0n) is 13.9. The Bertz CT molecular complexity index is 835. The molecular formula is C17H19N3O3S2. The van der Waals surface area contributed by atoms with E-state index in [2.05, 4.69) is 10.5 Å². The molecule has 6 nitrogen and oxygen atoms in total. The molecule has 0 saturated carbocycles. The maximum atomic E-state index is 12.3. The lowest BCUT2D eigenvalue weighted by atomic mass is 10.2. The molecule has 0 heterocycles. The molecule has 25 heavy (non-hydrogen) atoms. The van der Waals surface area contributed by atoms with Gasteiger partial charge in [-0.25, -0.2) is 13.8 Å². The van der Waals surface area contributed by atoms with Crippen molar-refractivity contribution in [3.05, 3.63) is 60.2 Å². The number of hydrazone groups is 1. The van der Waals surface area contributed by atoms with Crippen LogP contribution in [0.3, 0.4) is 0 Å². The summed E-state index contributed by atoms with van der Waals surface area (Å²) in [4.78, 5) is 13.2. The van der Waals surface area contributed by atoms with Crippen LogP contribution in [0.5, 0.6) is 0 Å². The highest BCUT2D eigenvalue weighted by Crippen LogP contribution is 2.14. The van der Waals surface area contributed by atoms with Crippen molar-refractivity contribution in [1.29, 1.82) is 0 Å². The molecule has 0 radical (unpaired) electrons. The minimum Gasteiger partial charge on any atom is -0.272 e. The Kier molecular flexibility index (Phi) is 6.74. The van der Waals surface area contributed by atoms with Crippen molar-refractivity contribution in [3.8, 4) is 0 Å². The number of carbonyl (C=O) groups excluding carboxylic acids is 1. The number of nitrogens with zero attached hydrogens (tertiary/aromatic N) is 2. The minimum absolute atomic E-state index is 0.141. The smallest absolute Gasteiger partial charge is 0.255 e. The van der Waals surface area contributed by atoms with E-state index in [9.17, 15) is 13.2 Å². The zero-order chi connectivity index (χ0) is 18.3. The first-order chi connectivity index (χ1) is 11.9. The van der Waals surface area contributed by atoms with Gasteiger partial charge in [0.25, 0.3) is 5.91 Å². The number of rotatable bonds is 7. The van der Waals surface area contributed by atoms with Gasteiger partial charge in [-0.2, -0.15) is 9.41 Å². The number of carbonyl (C=O) groups is 1. The topological polar surface area (TPSA) is 78.8 Å². The summed E-state index contributed by atoms with van der Waals surface area (Å²) < 4.78 is 25.6. The Morgan fingerprint density at radius 1 is 1.16 bits per heavy atom. The van der Waals surface area contributed by atoms with E-state index < -0.39 is 15.9 Å². The monoisotopic (exact) mass is 377 g/mol. The fraction of sp³-hybridized carbons (Fsp3) is 0.176. The average Bonchev–Trinajstić information content (AvgIpc) is 2.63. The van der Waals surface area contributed by atoms with Crippen LogP contribution in [0.1, 0.15) is 5.56 Å². The van der Waals surface area contributed by atoms with E-state index in [4.69, 9.17) is 0 Å². The Morgan fingerprint density at radius 2 is 1.80 bits per heavy atom. The van der Waals surface area contributed by atoms with E-state index in [1.54, 1.807) is 30.0 Å². The third-order valence-electron chi connectivity index (χ3n) is 3.34.